The van der Waals surface area contributed by atoms with Crippen LogP contribution in [-0.4, -0.2) is 17.3 Å². The van der Waals surface area contributed by atoms with Crippen LogP contribution in [0.1, 0.15) is 42.1 Å². The van der Waals surface area contributed by atoms with Gasteiger partial charge in [0, 0.05) is 40.5 Å². The summed E-state index contributed by atoms with van der Waals surface area (Å²) in [6.07, 6.45) is 5.15. The van der Waals surface area contributed by atoms with Crippen LogP contribution in [0, 0.1) is 5.82 Å². The molecule has 0 radical (unpaired) electrons. The number of nitrogens with zero attached hydrogens (tertiary/aromatic N) is 1. The second kappa shape index (κ2) is 4.78. The quantitative estimate of drug-likeness (QED) is 0.658. The van der Waals surface area contributed by atoms with Crippen LogP contribution in [-0.2, 0) is 5.41 Å². The molecule has 5 heteroatoms. The van der Waals surface area contributed by atoms with Crippen molar-refractivity contribution in [1.82, 2.24) is 4.98 Å². The third-order valence-electron chi connectivity index (χ3n) is 5.20. The molecule has 0 saturated heterocycles. The van der Waals surface area contributed by atoms with Crippen molar-refractivity contribution in [1.29, 1.82) is 0 Å². The van der Waals surface area contributed by atoms with Crippen molar-refractivity contribution in [3.8, 4) is 11.1 Å². The maximum absolute atomic E-state index is 14.8. The van der Waals surface area contributed by atoms with Gasteiger partial charge in [-0.25, -0.2) is 9.37 Å². The largest absolute Gasteiger partial charge is 0.398 e. The number of Topliss-reactive ketones (excluding diaryl/α,β-unsaturated/α-hetero) is 1. The smallest absolute Gasteiger partial charge is 0.164 e. The molecule has 2 heterocycles. The lowest BCUT2D eigenvalue weighted by molar-refractivity contribution is 0.101. The van der Waals surface area contributed by atoms with Gasteiger partial charge in [0.1, 0.15) is 11.6 Å². The fourth-order valence-electron chi connectivity index (χ4n) is 3.73. The molecule has 2 aliphatic rings. The first-order chi connectivity index (χ1) is 11.0. The van der Waals surface area contributed by atoms with Gasteiger partial charge in [0.2, 0.25) is 0 Å². The predicted octanol–water partition coefficient (Wildman–Crippen LogP) is 3.52. The molecule has 3 N–H and O–H groups in total. The van der Waals surface area contributed by atoms with Crippen LogP contribution in [0.3, 0.4) is 0 Å². The Hall–Kier alpha value is -2.43. The summed E-state index contributed by atoms with van der Waals surface area (Å²) in [5, 5.41) is 3.35. The van der Waals surface area contributed by atoms with Gasteiger partial charge in [0.15, 0.2) is 5.78 Å². The van der Waals surface area contributed by atoms with Gasteiger partial charge >= 0.3 is 0 Å². The summed E-state index contributed by atoms with van der Waals surface area (Å²) in [7, 11) is 0. The second-order valence-corrected chi connectivity index (χ2v) is 6.56. The van der Waals surface area contributed by atoms with Crippen molar-refractivity contribution in [3.63, 3.8) is 0 Å². The molecule has 118 valence electrons. The van der Waals surface area contributed by atoms with Crippen LogP contribution in [0.2, 0.25) is 0 Å². The number of ketones is 1. The topological polar surface area (TPSA) is 68.0 Å². The normalized spacial score (nSPS) is 17.5. The number of fused-ring (bicyclic) bond motifs is 2. The van der Waals surface area contributed by atoms with E-state index in [1.807, 2.05) is 6.07 Å². The number of nitrogens with two attached hydrogens (primary N) is 1. The number of pyridine rings is 1. The van der Waals surface area contributed by atoms with E-state index in [0.717, 1.165) is 25.2 Å². The van der Waals surface area contributed by atoms with E-state index in [9.17, 15) is 9.18 Å². The summed E-state index contributed by atoms with van der Waals surface area (Å²) in [6, 6.07) is 5.22. The van der Waals surface area contributed by atoms with E-state index in [-0.39, 0.29) is 22.4 Å². The zero-order chi connectivity index (χ0) is 16.2. The van der Waals surface area contributed by atoms with Gasteiger partial charge in [-0.1, -0.05) is 6.42 Å². The molecule has 1 aliphatic carbocycles. The summed E-state index contributed by atoms with van der Waals surface area (Å²) in [5.74, 6) is -0.0305. The Bertz CT molecular complexity index is 827. The van der Waals surface area contributed by atoms with Gasteiger partial charge < -0.3 is 11.1 Å². The molecular formula is C18H18FN3O. The Morgan fingerprint density at radius 3 is 2.83 bits per heavy atom. The fraction of sp³-hybridized carbons (Fsp3) is 0.333. The first-order valence-corrected chi connectivity index (χ1v) is 7.85. The summed E-state index contributed by atoms with van der Waals surface area (Å²) in [6.45, 7) is 2.23. The molecule has 1 spiro atoms. The predicted molar refractivity (Wildman–Crippen MR) is 88.1 cm³/mol. The van der Waals surface area contributed by atoms with E-state index < -0.39 is 5.82 Å². The van der Waals surface area contributed by atoms with E-state index >= 15 is 0 Å². The van der Waals surface area contributed by atoms with E-state index in [4.69, 9.17) is 5.73 Å². The SMILES string of the molecule is CC(=O)c1c(N)ccc(-c2cnc3c(c2)C2(CCC2)CN3)c1F. The molecule has 1 saturated carbocycles. The number of rotatable bonds is 2. The van der Waals surface area contributed by atoms with Crippen molar-refractivity contribution in [2.75, 3.05) is 17.6 Å². The van der Waals surface area contributed by atoms with Gasteiger partial charge in [-0.05, 0) is 38.0 Å². The fourth-order valence-corrected chi connectivity index (χ4v) is 3.73. The zero-order valence-electron chi connectivity index (χ0n) is 12.9. The number of benzene rings is 1. The third kappa shape index (κ3) is 1.96. The standard InChI is InChI=1S/C18H18FN3O/c1-10(23)15-14(20)4-3-12(16(15)19)11-7-13-17(21-8-11)22-9-18(13)5-2-6-18/h3-4,7-8H,2,5-6,9,20H2,1H3,(H,21,22). The first kappa shape index (κ1) is 14.2. The van der Waals surface area contributed by atoms with Gasteiger partial charge in [-0.3, -0.25) is 4.79 Å². The van der Waals surface area contributed by atoms with Crippen molar-refractivity contribution < 1.29 is 9.18 Å². The third-order valence-corrected chi connectivity index (χ3v) is 5.20. The molecule has 4 nitrogen and oxygen atoms in total. The monoisotopic (exact) mass is 311 g/mol. The van der Waals surface area contributed by atoms with Crippen molar-refractivity contribution in [2.24, 2.45) is 0 Å². The molecule has 4 rings (SSSR count). The minimum Gasteiger partial charge on any atom is -0.398 e. The number of nitrogens with one attached hydrogen (secondary N) is 1. The van der Waals surface area contributed by atoms with Crippen molar-refractivity contribution >= 4 is 17.3 Å². The molecule has 0 amide bonds. The number of hydrogen-bond donors (Lipinski definition) is 2. The average molecular weight is 311 g/mol. The highest BCUT2D eigenvalue weighted by atomic mass is 19.1. The van der Waals surface area contributed by atoms with Crippen molar-refractivity contribution in [3.05, 3.63) is 41.3 Å². The van der Waals surface area contributed by atoms with Crippen LogP contribution in [0.4, 0.5) is 15.9 Å². The summed E-state index contributed by atoms with van der Waals surface area (Å²) in [5.41, 5.74) is 8.27. The number of aromatic nitrogens is 1. The Labute approximate surface area is 133 Å². The molecule has 1 aromatic carbocycles. The molecule has 1 aliphatic heterocycles. The van der Waals surface area contributed by atoms with Gasteiger partial charge in [0.05, 0.1) is 5.56 Å². The molecular weight excluding hydrogens is 293 g/mol. The summed E-state index contributed by atoms with van der Waals surface area (Å²) in [4.78, 5) is 16.1. The summed E-state index contributed by atoms with van der Waals surface area (Å²) >= 11 is 0. The lowest BCUT2D eigenvalue weighted by Crippen LogP contribution is -2.35. The average Bonchev–Trinajstić information content (AvgIpc) is 2.85. The van der Waals surface area contributed by atoms with E-state index in [2.05, 4.69) is 10.3 Å². The van der Waals surface area contributed by atoms with Crippen LogP contribution >= 0.6 is 0 Å². The second-order valence-electron chi connectivity index (χ2n) is 6.56. The number of anilines is 2. The minimum atomic E-state index is -0.562. The van der Waals surface area contributed by atoms with Gasteiger partial charge in [-0.2, -0.15) is 0 Å². The van der Waals surface area contributed by atoms with Crippen molar-refractivity contribution in [2.45, 2.75) is 31.6 Å². The van der Waals surface area contributed by atoms with Crippen LogP contribution in [0.15, 0.2) is 24.4 Å². The highest BCUT2D eigenvalue weighted by Gasteiger charge is 2.44. The van der Waals surface area contributed by atoms with Crippen LogP contribution in [0.5, 0.6) is 0 Å². The Balaban J connectivity index is 1.85. The van der Waals surface area contributed by atoms with E-state index in [1.165, 1.54) is 18.9 Å². The van der Waals surface area contributed by atoms with Crippen LogP contribution in [0.25, 0.3) is 11.1 Å². The Morgan fingerprint density at radius 2 is 2.17 bits per heavy atom. The first-order valence-electron chi connectivity index (χ1n) is 7.85. The maximum Gasteiger partial charge on any atom is 0.164 e. The van der Waals surface area contributed by atoms with E-state index in [0.29, 0.717) is 11.1 Å². The lowest BCUT2D eigenvalue weighted by atomic mass is 9.66. The number of nitrogen functional groups attached to an aromatic ring is 1. The Morgan fingerprint density at radius 1 is 1.39 bits per heavy atom. The molecule has 0 unspecified atom stereocenters. The van der Waals surface area contributed by atoms with Gasteiger partial charge in [0.25, 0.3) is 0 Å². The lowest BCUT2D eigenvalue weighted by Gasteiger charge is -2.38. The molecule has 0 bridgehead atoms. The number of carbonyl (C=O) groups excluding carboxylic acids is 1. The maximum atomic E-state index is 14.8. The zero-order valence-corrected chi connectivity index (χ0v) is 12.9. The minimum absolute atomic E-state index is 0.0421. The molecule has 1 aromatic heterocycles. The highest BCUT2D eigenvalue weighted by Crippen LogP contribution is 2.50. The highest BCUT2D eigenvalue weighted by molar-refractivity contribution is 6.00. The van der Waals surface area contributed by atoms with E-state index in [1.54, 1.807) is 18.3 Å². The number of hydrogen-bond acceptors (Lipinski definition) is 4. The number of halogens is 1. The molecule has 2 aromatic rings. The molecule has 23 heavy (non-hydrogen) atoms. The number of carbonyl (C=O) groups is 1. The van der Waals surface area contributed by atoms with Crippen LogP contribution < -0.4 is 11.1 Å². The van der Waals surface area contributed by atoms with Gasteiger partial charge in [-0.15, -0.1) is 0 Å². The molecule has 1 fully saturated rings. The summed E-state index contributed by atoms with van der Waals surface area (Å²) < 4.78 is 14.8. The molecule has 0 atom stereocenters. The Kier molecular flexibility index (Phi) is 2.95.